The highest BCUT2D eigenvalue weighted by Gasteiger charge is 2.72. The summed E-state index contributed by atoms with van der Waals surface area (Å²) in [4.78, 5) is 0. The molecule has 0 aliphatic heterocycles. The molecular weight excluding hydrogens is 413 g/mol. The monoisotopic (exact) mass is 422 g/mol. The molecule has 0 N–H and O–H groups in total. The zero-order valence-corrected chi connectivity index (χ0v) is 12.6. The third-order valence-corrected chi connectivity index (χ3v) is 2.41. The van der Waals surface area contributed by atoms with E-state index in [-0.39, 0.29) is 18.7 Å². The Hall–Kier alpha value is -0.600. The van der Waals surface area contributed by atoms with Crippen molar-refractivity contribution in [3.05, 3.63) is 0 Å². The fourth-order valence-electron chi connectivity index (χ4n) is 1.04. The lowest BCUT2D eigenvalue weighted by Crippen LogP contribution is -2.55. The second-order valence-electron chi connectivity index (χ2n) is 4.34. The van der Waals surface area contributed by atoms with Crippen molar-refractivity contribution in [2.75, 3.05) is 19.1 Å². The molecule has 0 amide bonds. The van der Waals surface area contributed by atoms with E-state index in [9.17, 15) is 48.3 Å². The molecule has 0 fully saturated rings. The largest absolute Gasteiger partial charge is 0.483 e. The predicted octanol–water partition coefficient (Wildman–Crippen LogP) is 4.99. The van der Waals surface area contributed by atoms with Crippen molar-refractivity contribution in [3.63, 3.8) is 0 Å². The molecule has 152 valence electrons. The molecule has 0 aliphatic rings. The summed E-state index contributed by atoms with van der Waals surface area (Å²) in [6.07, 6.45) is -31.6. The number of hydrogen-bond donors (Lipinski definition) is 0. The standard InChI is InChI=1S/C10H10ClF11O3/c11-3-1-2-4-23-5-6(12,13)24-9(19,20)10(21,22)25-8(17,18)7(14,15)16/h1-5H2. The van der Waals surface area contributed by atoms with Gasteiger partial charge >= 0.3 is 30.6 Å². The van der Waals surface area contributed by atoms with E-state index in [4.69, 9.17) is 11.6 Å². The Bertz CT molecular complexity index is 413. The molecule has 0 unspecified atom stereocenters. The van der Waals surface area contributed by atoms with Crippen LogP contribution in [0.25, 0.3) is 0 Å². The van der Waals surface area contributed by atoms with Gasteiger partial charge in [-0.2, -0.15) is 48.3 Å². The maximum Gasteiger partial charge on any atom is 0.483 e. The molecule has 0 saturated heterocycles. The van der Waals surface area contributed by atoms with Crippen molar-refractivity contribution in [1.29, 1.82) is 0 Å². The highest BCUT2D eigenvalue weighted by molar-refractivity contribution is 6.17. The van der Waals surface area contributed by atoms with E-state index in [1.165, 1.54) is 0 Å². The van der Waals surface area contributed by atoms with Gasteiger partial charge in [-0.25, -0.2) is 9.47 Å². The van der Waals surface area contributed by atoms with Crippen LogP contribution in [0.4, 0.5) is 48.3 Å². The van der Waals surface area contributed by atoms with E-state index in [0.717, 1.165) is 0 Å². The molecule has 0 heterocycles. The van der Waals surface area contributed by atoms with Gasteiger partial charge in [-0.1, -0.05) is 0 Å². The van der Waals surface area contributed by atoms with Gasteiger partial charge in [-0.3, -0.25) is 0 Å². The smallest absolute Gasteiger partial charge is 0.372 e. The number of hydrogen-bond acceptors (Lipinski definition) is 3. The minimum atomic E-state index is -6.81. The normalized spacial score (nSPS) is 14.9. The van der Waals surface area contributed by atoms with Crippen molar-refractivity contribution in [2.45, 2.75) is 43.5 Å². The Morgan fingerprint density at radius 2 is 1.12 bits per heavy atom. The van der Waals surface area contributed by atoms with Crippen LogP contribution in [0.15, 0.2) is 0 Å². The van der Waals surface area contributed by atoms with Crippen LogP contribution < -0.4 is 0 Å². The van der Waals surface area contributed by atoms with Crippen molar-refractivity contribution >= 4 is 11.6 Å². The Kier molecular flexibility index (Phi) is 8.19. The van der Waals surface area contributed by atoms with Gasteiger partial charge in [0.15, 0.2) is 0 Å². The molecule has 25 heavy (non-hydrogen) atoms. The Labute approximate surface area is 137 Å². The Morgan fingerprint density at radius 1 is 0.640 bits per heavy atom. The molecule has 0 rings (SSSR count). The summed E-state index contributed by atoms with van der Waals surface area (Å²) in [6.45, 7) is -2.47. The molecule has 0 aromatic rings. The molecule has 0 aliphatic carbocycles. The van der Waals surface area contributed by atoms with E-state index in [1.807, 2.05) is 0 Å². The molecule has 0 spiro atoms. The van der Waals surface area contributed by atoms with Gasteiger partial charge in [0.1, 0.15) is 6.61 Å². The van der Waals surface area contributed by atoms with Crippen LogP contribution in [0.2, 0.25) is 0 Å². The zero-order valence-electron chi connectivity index (χ0n) is 11.8. The fraction of sp³-hybridized carbons (Fsp3) is 1.00. The zero-order chi connectivity index (χ0) is 20.2. The molecule has 0 radical (unpaired) electrons. The molecule has 0 aromatic heterocycles. The summed E-state index contributed by atoms with van der Waals surface area (Å²) >= 11 is 5.23. The summed E-state index contributed by atoms with van der Waals surface area (Å²) in [6, 6.07) is 0. The van der Waals surface area contributed by atoms with Crippen LogP contribution in [-0.4, -0.2) is 49.7 Å². The third kappa shape index (κ3) is 7.66. The molecule has 0 saturated carbocycles. The van der Waals surface area contributed by atoms with Crippen molar-refractivity contribution in [2.24, 2.45) is 0 Å². The number of unbranched alkanes of at least 4 members (excludes halogenated alkanes) is 1. The minimum absolute atomic E-state index is 0.0903. The molecule has 15 heteroatoms. The SMILES string of the molecule is FC(F)(COCCCCCl)OC(F)(F)C(F)(F)OC(F)(F)C(F)(F)F. The average Bonchev–Trinajstić information content (AvgIpc) is 2.34. The quantitative estimate of drug-likeness (QED) is 0.267. The average molecular weight is 423 g/mol. The van der Waals surface area contributed by atoms with Crippen LogP contribution in [0.5, 0.6) is 0 Å². The second kappa shape index (κ2) is 8.39. The van der Waals surface area contributed by atoms with Gasteiger partial charge in [0.05, 0.1) is 0 Å². The molecule has 3 nitrogen and oxygen atoms in total. The maximum atomic E-state index is 13.0. The van der Waals surface area contributed by atoms with E-state index >= 15 is 0 Å². The van der Waals surface area contributed by atoms with Crippen molar-refractivity contribution in [3.8, 4) is 0 Å². The Morgan fingerprint density at radius 3 is 1.56 bits per heavy atom. The van der Waals surface area contributed by atoms with E-state index < -0.39 is 43.8 Å². The highest BCUT2D eigenvalue weighted by atomic mass is 35.5. The van der Waals surface area contributed by atoms with E-state index in [2.05, 4.69) is 9.47 Å². The van der Waals surface area contributed by atoms with Crippen molar-refractivity contribution in [1.82, 2.24) is 0 Å². The molecule has 0 bridgehead atoms. The summed E-state index contributed by atoms with van der Waals surface area (Å²) < 4.78 is 145. The molecule has 0 atom stereocenters. The van der Waals surface area contributed by atoms with Crippen LogP contribution in [0, 0.1) is 0 Å². The van der Waals surface area contributed by atoms with Gasteiger partial charge < -0.3 is 4.74 Å². The topological polar surface area (TPSA) is 27.7 Å². The third-order valence-electron chi connectivity index (χ3n) is 2.15. The second-order valence-corrected chi connectivity index (χ2v) is 4.72. The van der Waals surface area contributed by atoms with Crippen LogP contribution in [0.3, 0.4) is 0 Å². The van der Waals surface area contributed by atoms with Gasteiger partial charge in [-0.15, -0.1) is 11.6 Å². The van der Waals surface area contributed by atoms with Gasteiger partial charge in [0.25, 0.3) is 0 Å². The first-order chi connectivity index (χ1) is 11.0. The van der Waals surface area contributed by atoms with Gasteiger partial charge in [0.2, 0.25) is 0 Å². The molecule has 0 aromatic carbocycles. The molecular formula is C10H10ClF11O3. The van der Waals surface area contributed by atoms with Gasteiger partial charge in [-0.05, 0) is 12.8 Å². The maximum absolute atomic E-state index is 13.0. The lowest BCUT2D eigenvalue weighted by molar-refractivity contribution is -0.537. The predicted molar refractivity (Wildman–Crippen MR) is 58.8 cm³/mol. The summed E-state index contributed by atoms with van der Waals surface area (Å²) in [5, 5.41) is 0. The summed E-state index contributed by atoms with van der Waals surface area (Å²) in [7, 11) is 0. The van der Waals surface area contributed by atoms with Crippen LogP contribution in [0.1, 0.15) is 12.8 Å². The lowest BCUT2D eigenvalue weighted by atomic mass is 10.4. The minimum Gasteiger partial charge on any atom is -0.372 e. The Balaban J connectivity index is 4.91. The first kappa shape index (κ1) is 24.4. The van der Waals surface area contributed by atoms with Gasteiger partial charge in [0, 0.05) is 12.5 Å². The van der Waals surface area contributed by atoms with Crippen LogP contribution in [-0.2, 0) is 14.2 Å². The number of ether oxygens (including phenoxy) is 3. The first-order valence-corrected chi connectivity index (χ1v) is 6.63. The van der Waals surface area contributed by atoms with E-state index in [1.54, 1.807) is 4.74 Å². The highest BCUT2D eigenvalue weighted by Crippen LogP contribution is 2.47. The lowest BCUT2D eigenvalue weighted by Gasteiger charge is -2.31. The van der Waals surface area contributed by atoms with E-state index in [0.29, 0.717) is 0 Å². The van der Waals surface area contributed by atoms with Crippen molar-refractivity contribution < 1.29 is 62.5 Å². The number of rotatable bonds is 11. The first-order valence-electron chi connectivity index (χ1n) is 6.09. The summed E-state index contributed by atoms with van der Waals surface area (Å²) in [5.41, 5.74) is 0. The number of alkyl halides is 12. The van der Waals surface area contributed by atoms with Crippen LogP contribution >= 0.6 is 11.6 Å². The fourth-order valence-corrected chi connectivity index (χ4v) is 1.23. The summed E-state index contributed by atoms with van der Waals surface area (Å²) in [5.74, 6) is 0.116. The number of halogens is 12.